The van der Waals surface area contributed by atoms with Gasteiger partial charge in [0.25, 0.3) is 0 Å². The first-order valence-corrected chi connectivity index (χ1v) is 10.7. The molecule has 148 valence electrons. The average Bonchev–Trinajstić information content (AvgIpc) is 2.60. The molecule has 1 fully saturated rings. The summed E-state index contributed by atoms with van der Waals surface area (Å²) in [4.78, 5) is 2.49. The summed E-state index contributed by atoms with van der Waals surface area (Å²) in [5, 5.41) is 0. The van der Waals surface area contributed by atoms with Crippen LogP contribution < -0.4 is 4.74 Å². The minimum absolute atomic E-state index is 0. The molecular formula is C18H29ClN2O4S. The van der Waals surface area contributed by atoms with Gasteiger partial charge in [0.1, 0.15) is 5.75 Å². The van der Waals surface area contributed by atoms with E-state index < -0.39 is 10.0 Å². The minimum atomic E-state index is -3.25. The molecule has 0 bridgehead atoms. The van der Waals surface area contributed by atoms with E-state index in [1.807, 2.05) is 6.07 Å². The molecule has 0 aliphatic carbocycles. The van der Waals surface area contributed by atoms with Gasteiger partial charge in [-0.15, -0.1) is 12.4 Å². The predicted molar refractivity (Wildman–Crippen MR) is 105 cm³/mol. The molecule has 0 spiro atoms. The smallest absolute Gasteiger partial charge is 0.211 e. The van der Waals surface area contributed by atoms with Crippen molar-refractivity contribution in [3.05, 3.63) is 29.3 Å². The standard InChI is InChI=1S/C18H28N2O4S.ClH/c1-23-11-10-20(25(3,21)22)15-7-9-19-8-6-14-12-16(24-2)4-5-17(14)18(19)13-15;/h4-5,12,15,18H,6-11,13H2,1-3H3;1H. The molecular weight excluding hydrogens is 376 g/mol. The number of methoxy groups -OCH3 is 2. The maximum Gasteiger partial charge on any atom is 0.211 e. The number of rotatable bonds is 6. The molecule has 0 N–H and O–H groups in total. The van der Waals surface area contributed by atoms with Crippen LogP contribution in [0.2, 0.25) is 0 Å². The minimum Gasteiger partial charge on any atom is -0.497 e. The van der Waals surface area contributed by atoms with E-state index in [0.717, 1.165) is 38.1 Å². The third kappa shape index (κ3) is 4.51. The second-order valence-electron chi connectivity index (χ2n) is 6.91. The quantitative estimate of drug-likeness (QED) is 0.726. The van der Waals surface area contributed by atoms with Crippen LogP contribution in [0.4, 0.5) is 0 Å². The average molecular weight is 405 g/mol. The number of nitrogens with zero attached hydrogens (tertiary/aromatic N) is 2. The summed E-state index contributed by atoms with van der Waals surface area (Å²) in [5.74, 6) is 0.886. The van der Waals surface area contributed by atoms with E-state index in [0.29, 0.717) is 13.2 Å². The second kappa shape index (κ2) is 8.89. The summed E-state index contributed by atoms with van der Waals surface area (Å²) in [6.45, 7) is 2.79. The normalized spacial score (nSPS) is 23.1. The summed E-state index contributed by atoms with van der Waals surface area (Å²) in [6.07, 6.45) is 4.02. The zero-order valence-corrected chi connectivity index (χ0v) is 17.3. The van der Waals surface area contributed by atoms with Crippen molar-refractivity contribution in [2.45, 2.75) is 31.3 Å². The van der Waals surface area contributed by atoms with E-state index in [9.17, 15) is 8.42 Å². The maximum atomic E-state index is 12.3. The molecule has 26 heavy (non-hydrogen) atoms. The van der Waals surface area contributed by atoms with Crippen molar-refractivity contribution in [1.29, 1.82) is 0 Å². The molecule has 8 heteroatoms. The second-order valence-corrected chi connectivity index (χ2v) is 8.85. The molecule has 0 saturated carbocycles. The first kappa shape index (κ1) is 21.4. The molecule has 2 aliphatic rings. The van der Waals surface area contributed by atoms with Crippen molar-refractivity contribution < 1.29 is 17.9 Å². The van der Waals surface area contributed by atoms with Crippen molar-refractivity contribution >= 4 is 22.4 Å². The predicted octanol–water partition coefficient (Wildman–Crippen LogP) is 2.09. The fourth-order valence-electron chi connectivity index (χ4n) is 4.16. The van der Waals surface area contributed by atoms with Crippen LogP contribution in [0, 0.1) is 0 Å². The number of hydrogen-bond acceptors (Lipinski definition) is 5. The molecule has 1 saturated heterocycles. The lowest BCUT2D eigenvalue weighted by atomic mass is 9.85. The van der Waals surface area contributed by atoms with Gasteiger partial charge in [0.2, 0.25) is 10.0 Å². The Morgan fingerprint density at radius 3 is 2.69 bits per heavy atom. The third-order valence-corrected chi connectivity index (χ3v) is 6.74. The van der Waals surface area contributed by atoms with Crippen LogP contribution in [0.3, 0.4) is 0 Å². The third-order valence-electron chi connectivity index (χ3n) is 5.41. The fraction of sp³-hybridized carbons (Fsp3) is 0.667. The Balaban J connectivity index is 0.00000243. The highest BCUT2D eigenvalue weighted by atomic mass is 35.5. The molecule has 2 atom stereocenters. The van der Waals surface area contributed by atoms with Gasteiger partial charge in [0.05, 0.1) is 20.0 Å². The molecule has 2 aliphatic heterocycles. The van der Waals surface area contributed by atoms with Crippen molar-refractivity contribution in [3.63, 3.8) is 0 Å². The number of piperidine rings is 1. The number of ether oxygens (including phenoxy) is 2. The van der Waals surface area contributed by atoms with E-state index in [2.05, 4.69) is 17.0 Å². The maximum absolute atomic E-state index is 12.3. The molecule has 3 rings (SSSR count). The van der Waals surface area contributed by atoms with Crippen molar-refractivity contribution in [1.82, 2.24) is 9.21 Å². The van der Waals surface area contributed by atoms with Gasteiger partial charge in [-0.3, -0.25) is 4.90 Å². The molecule has 0 aromatic heterocycles. The zero-order valence-electron chi connectivity index (χ0n) is 15.7. The van der Waals surface area contributed by atoms with Crippen molar-refractivity contribution in [2.75, 3.05) is 46.7 Å². The largest absolute Gasteiger partial charge is 0.497 e. The number of hydrogen-bond donors (Lipinski definition) is 0. The Hall–Kier alpha value is -0.860. The molecule has 1 aromatic rings. The summed E-state index contributed by atoms with van der Waals surface area (Å²) in [6, 6.07) is 6.58. The Labute approximate surface area is 162 Å². The lowest BCUT2D eigenvalue weighted by Crippen LogP contribution is -2.50. The van der Waals surface area contributed by atoms with E-state index in [-0.39, 0.29) is 24.5 Å². The van der Waals surface area contributed by atoms with Crippen LogP contribution in [0.1, 0.15) is 30.0 Å². The summed E-state index contributed by atoms with van der Waals surface area (Å²) in [7, 11) is 0.0449. The van der Waals surface area contributed by atoms with Crippen LogP contribution in [-0.2, 0) is 21.2 Å². The van der Waals surface area contributed by atoms with Gasteiger partial charge in [0, 0.05) is 38.8 Å². The molecule has 0 amide bonds. The Kier molecular flexibility index (Phi) is 7.33. The first-order chi connectivity index (χ1) is 11.9. The van der Waals surface area contributed by atoms with E-state index in [4.69, 9.17) is 9.47 Å². The van der Waals surface area contributed by atoms with Crippen LogP contribution in [0.15, 0.2) is 18.2 Å². The Morgan fingerprint density at radius 1 is 1.27 bits per heavy atom. The monoisotopic (exact) mass is 404 g/mol. The number of fused-ring (bicyclic) bond motifs is 3. The number of sulfonamides is 1. The molecule has 1 aromatic carbocycles. The summed E-state index contributed by atoms with van der Waals surface area (Å²) < 4.78 is 36.6. The van der Waals surface area contributed by atoms with Crippen LogP contribution in [0.5, 0.6) is 5.75 Å². The topological polar surface area (TPSA) is 59.1 Å². The highest BCUT2D eigenvalue weighted by molar-refractivity contribution is 7.88. The van der Waals surface area contributed by atoms with Crippen molar-refractivity contribution in [2.24, 2.45) is 0 Å². The van der Waals surface area contributed by atoms with Gasteiger partial charge in [-0.25, -0.2) is 8.42 Å². The van der Waals surface area contributed by atoms with Crippen molar-refractivity contribution in [3.8, 4) is 5.75 Å². The lowest BCUT2D eigenvalue weighted by molar-refractivity contribution is 0.0804. The van der Waals surface area contributed by atoms with Gasteiger partial charge in [0.15, 0.2) is 0 Å². The zero-order chi connectivity index (χ0) is 18.0. The van der Waals surface area contributed by atoms with Gasteiger partial charge < -0.3 is 9.47 Å². The van der Waals surface area contributed by atoms with E-state index >= 15 is 0 Å². The van der Waals surface area contributed by atoms with Gasteiger partial charge >= 0.3 is 0 Å². The number of halogens is 1. The summed E-state index contributed by atoms with van der Waals surface area (Å²) in [5.41, 5.74) is 2.64. The van der Waals surface area contributed by atoms with Crippen LogP contribution in [-0.4, -0.2) is 70.4 Å². The van der Waals surface area contributed by atoms with Gasteiger partial charge in [-0.1, -0.05) is 6.07 Å². The van der Waals surface area contributed by atoms with E-state index in [1.165, 1.54) is 17.4 Å². The molecule has 2 heterocycles. The lowest BCUT2D eigenvalue weighted by Gasteiger charge is -2.45. The van der Waals surface area contributed by atoms with Gasteiger partial charge in [-0.05, 0) is 42.5 Å². The highest BCUT2D eigenvalue weighted by Crippen LogP contribution is 2.39. The SMILES string of the molecule is COCCN(C1CCN2CCc3cc(OC)ccc3C2C1)S(C)(=O)=O.Cl. The molecule has 0 radical (unpaired) electrons. The highest BCUT2D eigenvalue weighted by Gasteiger charge is 2.38. The first-order valence-electron chi connectivity index (χ1n) is 8.80. The number of benzene rings is 1. The Bertz CT molecular complexity index is 713. The molecule has 6 nitrogen and oxygen atoms in total. The van der Waals surface area contributed by atoms with Crippen LogP contribution in [0.25, 0.3) is 0 Å². The fourth-order valence-corrected chi connectivity index (χ4v) is 5.30. The molecule has 2 unspecified atom stereocenters. The van der Waals surface area contributed by atoms with Crippen LogP contribution >= 0.6 is 12.4 Å². The Morgan fingerprint density at radius 2 is 2.04 bits per heavy atom. The van der Waals surface area contributed by atoms with E-state index in [1.54, 1.807) is 18.5 Å². The van der Waals surface area contributed by atoms with Gasteiger partial charge in [-0.2, -0.15) is 4.31 Å². The summed E-state index contributed by atoms with van der Waals surface area (Å²) >= 11 is 0.